The van der Waals surface area contributed by atoms with Crippen molar-refractivity contribution >= 4 is 67.8 Å². The highest BCUT2D eigenvalue weighted by atomic mass is 127. The Morgan fingerprint density at radius 1 is 1.21 bits per heavy atom. The first-order valence-electron chi connectivity index (χ1n) is 9.74. The first-order chi connectivity index (χ1) is 15.8. The predicted molar refractivity (Wildman–Crippen MR) is 143 cm³/mol. The van der Waals surface area contributed by atoms with Gasteiger partial charge in [0.25, 0.3) is 5.91 Å². The first-order valence-corrected chi connectivity index (χ1v) is 12.0. The molecule has 0 atom stereocenters. The van der Waals surface area contributed by atoms with Crippen LogP contribution >= 0.6 is 50.1 Å². The zero-order chi connectivity index (χ0) is 24.0. The lowest BCUT2D eigenvalue weighted by Crippen LogP contribution is -2.13. The van der Waals surface area contributed by atoms with E-state index in [-0.39, 0.29) is 5.57 Å². The Labute approximate surface area is 219 Å². The topological polar surface area (TPSA) is 71.3 Å². The third-order valence-corrected chi connectivity index (χ3v) is 6.39. The highest BCUT2D eigenvalue weighted by Crippen LogP contribution is 2.35. The van der Waals surface area contributed by atoms with Crippen molar-refractivity contribution in [1.29, 1.82) is 5.26 Å². The summed E-state index contributed by atoms with van der Waals surface area (Å²) in [5, 5.41) is 12.8. The Morgan fingerprint density at radius 3 is 2.58 bits per heavy atom. The minimum absolute atomic E-state index is 0.0481. The van der Waals surface area contributed by atoms with E-state index in [0.717, 1.165) is 19.2 Å². The standard InChI is InChI=1S/C25H19BrClIN2O3/c1-15-3-8-20(12-21(15)27)30-25(31)18(13-29)9-17-10-22(28)24(23(11-17)32-2)33-14-16-4-6-19(26)7-5-16/h3-12H,14H2,1-2H3,(H,30,31)/b18-9-. The maximum atomic E-state index is 12.6. The summed E-state index contributed by atoms with van der Waals surface area (Å²) < 4.78 is 13.3. The summed E-state index contributed by atoms with van der Waals surface area (Å²) in [6.45, 7) is 2.25. The molecule has 0 bridgehead atoms. The molecular formula is C25H19BrClIN2O3. The molecule has 3 aromatic carbocycles. The third kappa shape index (κ3) is 6.73. The molecule has 0 aliphatic carbocycles. The number of nitrogens with one attached hydrogen (secondary N) is 1. The number of benzene rings is 3. The van der Waals surface area contributed by atoms with Crippen molar-refractivity contribution in [3.05, 3.63) is 89.9 Å². The number of anilines is 1. The fourth-order valence-corrected chi connectivity index (χ4v) is 4.11. The molecule has 0 saturated carbocycles. The van der Waals surface area contributed by atoms with Crippen LogP contribution in [-0.4, -0.2) is 13.0 Å². The second kappa shape index (κ2) is 11.5. The van der Waals surface area contributed by atoms with E-state index in [2.05, 4.69) is 43.8 Å². The van der Waals surface area contributed by atoms with Gasteiger partial charge in [-0.1, -0.05) is 45.7 Å². The van der Waals surface area contributed by atoms with Gasteiger partial charge >= 0.3 is 0 Å². The summed E-state index contributed by atoms with van der Waals surface area (Å²) in [5.74, 6) is 0.575. The number of rotatable bonds is 7. The van der Waals surface area contributed by atoms with Crippen LogP contribution < -0.4 is 14.8 Å². The second-order valence-corrected chi connectivity index (χ2v) is 9.52. The van der Waals surface area contributed by atoms with Crippen molar-refractivity contribution in [2.24, 2.45) is 0 Å². The van der Waals surface area contributed by atoms with Crippen LogP contribution in [0.1, 0.15) is 16.7 Å². The number of amides is 1. The van der Waals surface area contributed by atoms with E-state index < -0.39 is 5.91 Å². The van der Waals surface area contributed by atoms with E-state index in [1.165, 1.54) is 6.08 Å². The zero-order valence-corrected chi connectivity index (χ0v) is 22.3. The van der Waals surface area contributed by atoms with E-state index in [1.807, 2.05) is 43.3 Å². The van der Waals surface area contributed by atoms with Gasteiger partial charge in [0.1, 0.15) is 18.2 Å². The molecular weight excluding hydrogens is 619 g/mol. The minimum atomic E-state index is -0.526. The van der Waals surface area contributed by atoms with Crippen molar-refractivity contribution < 1.29 is 14.3 Å². The molecule has 0 aliphatic rings. The minimum Gasteiger partial charge on any atom is -0.493 e. The molecule has 0 aromatic heterocycles. The zero-order valence-electron chi connectivity index (χ0n) is 17.8. The van der Waals surface area contributed by atoms with Crippen LogP contribution in [0.5, 0.6) is 11.5 Å². The number of nitrogens with zero attached hydrogens (tertiary/aromatic N) is 1. The molecule has 5 nitrogen and oxygen atoms in total. The van der Waals surface area contributed by atoms with Gasteiger partial charge in [-0.05, 0) is 88.7 Å². The number of nitriles is 1. The quantitative estimate of drug-likeness (QED) is 0.170. The number of methoxy groups -OCH3 is 1. The number of aryl methyl sites for hydroxylation is 1. The molecule has 1 N–H and O–H groups in total. The van der Waals surface area contributed by atoms with E-state index in [1.54, 1.807) is 31.4 Å². The Morgan fingerprint density at radius 2 is 1.94 bits per heavy atom. The molecule has 33 heavy (non-hydrogen) atoms. The van der Waals surface area contributed by atoms with E-state index in [4.69, 9.17) is 21.1 Å². The van der Waals surface area contributed by atoms with Crippen molar-refractivity contribution in [2.75, 3.05) is 12.4 Å². The monoisotopic (exact) mass is 636 g/mol. The summed E-state index contributed by atoms with van der Waals surface area (Å²) >= 11 is 11.7. The summed E-state index contributed by atoms with van der Waals surface area (Å²) in [5.41, 5.74) is 3.02. The van der Waals surface area contributed by atoms with E-state index >= 15 is 0 Å². The van der Waals surface area contributed by atoms with Gasteiger partial charge in [-0.3, -0.25) is 4.79 Å². The third-order valence-electron chi connectivity index (χ3n) is 4.65. The van der Waals surface area contributed by atoms with Crippen LogP contribution in [0.4, 0.5) is 5.69 Å². The molecule has 0 radical (unpaired) electrons. The Hall–Kier alpha value is -2.54. The molecule has 0 fully saturated rings. The normalized spacial score (nSPS) is 11.0. The summed E-state index contributed by atoms with van der Waals surface area (Å²) in [6.07, 6.45) is 1.51. The lowest BCUT2D eigenvalue weighted by molar-refractivity contribution is -0.112. The Kier molecular flexibility index (Phi) is 8.78. The molecule has 0 spiro atoms. The molecule has 8 heteroatoms. The second-order valence-electron chi connectivity index (χ2n) is 7.04. The van der Waals surface area contributed by atoms with Crippen molar-refractivity contribution in [3.8, 4) is 17.6 Å². The van der Waals surface area contributed by atoms with Crippen molar-refractivity contribution in [3.63, 3.8) is 0 Å². The summed E-state index contributed by atoms with van der Waals surface area (Å²) in [4.78, 5) is 12.6. The van der Waals surface area contributed by atoms with Gasteiger partial charge in [-0.2, -0.15) is 5.26 Å². The molecule has 0 aliphatic heterocycles. The van der Waals surface area contributed by atoms with Gasteiger partial charge in [0.2, 0.25) is 0 Å². The highest BCUT2D eigenvalue weighted by Gasteiger charge is 2.14. The maximum absolute atomic E-state index is 12.6. The largest absolute Gasteiger partial charge is 0.493 e. The van der Waals surface area contributed by atoms with Gasteiger partial charge in [-0.15, -0.1) is 0 Å². The van der Waals surface area contributed by atoms with E-state index in [9.17, 15) is 10.1 Å². The van der Waals surface area contributed by atoms with Crippen molar-refractivity contribution in [1.82, 2.24) is 0 Å². The number of ether oxygens (including phenoxy) is 2. The number of carbonyl (C=O) groups is 1. The Bertz CT molecular complexity index is 1250. The number of hydrogen-bond acceptors (Lipinski definition) is 4. The molecule has 0 saturated heterocycles. The Balaban J connectivity index is 1.81. The average molecular weight is 638 g/mol. The molecule has 3 rings (SSSR count). The molecule has 3 aromatic rings. The smallest absolute Gasteiger partial charge is 0.266 e. The summed E-state index contributed by atoms with van der Waals surface area (Å²) in [6, 6.07) is 18.5. The molecule has 0 unspecified atom stereocenters. The predicted octanol–water partition coefficient (Wildman–Crippen LogP) is 7.15. The van der Waals surface area contributed by atoms with Crippen LogP contribution in [0.2, 0.25) is 5.02 Å². The molecule has 1 amide bonds. The summed E-state index contributed by atoms with van der Waals surface area (Å²) in [7, 11) is 1.55. The SMILES string of the molecule is COc1cc(/C=C(/C#N)C(=O)Nc2ccc(C)c(Cl)c2)cc(I)c1OCc1ccc(Br)cc1. The van der Waals surface area contributed by atoms with Crippen molar-refractivity contribution in [2.45, 2.75) is 13.5 Å². The van der Waals surface area contributed by atoms with Crippen LogP contribution in [0.25, 0.3) is 6.08 Å². The lowest BCUT2D eigenvalue weighted by atomic mass is 10.1. The van der Waals surface area contributed by atoms with Gasteiger partial charge in [0.15, 0.2) is 11.5 Å². The van der Waals surface area contributed by atoms with Gasteiger partial charge < -0.3 is 14.8 Å². The highest BCUT2D eigenvalue weighted by molar-refractivity contribution is 14.1. The number of halogens is 3. The number of hydrogen-bond donors (Lipinski definition) is 1. The van der Waals surface area contributed by atoms with Gasteiger partial charge in [0, 0.05) is 15.2 Å². The van der Waals surface area contributed by atoms with Crippen LogP contribution in [0, 0.1) is 21.8 Å². The fraction of sp³-hybridized carbons (Fsp3) is 0.120. The lowest BCUT2D eigenvalue weighted by Gasteiger charge is -2.14. The molecule has 168 valence electrons. The molecule has 0 heterocycles. The van der Waals surface area contributed by atoms with Crippen LogP contribution in [0.15, 0.2) is 64.6 Å². The number of carbonyl (C=O) groups excluding carboxylic acids is 1. The van der Waals surface area contributed by atoms with Crippen LogP contribution in [0.3, 0.4) is 0 Å². The van der Waals surface area contributed by atoms with E-state index in [0.29, 0.717) is 34.4 Å². The van der Waals surface area contributed by atoms with Gasteiger partial charge in [-0.25, -0.2) is 0 Å². The first kappa shape index (κ1) is 25.1. The van der Waals surface area contributed by atoms with Gasteiger partial charge in [0.05, 0.1) is 10.7 Å². The van der Waals surface area contributed by atoms with Crippen LogP contribution in [-0.2, 0) is 11.4 Å². The maximum Gasteiger partial charge on any atom is 0.266 e. The average Bonchev–Trinajstić information content (AvgIpc) is 2.79. The fourth-order valence-electron chi connectivity index (χ4n) is 2.88.